The Balaban J connectivity index is 2.53. The van der Waals surface area contributed by atoms with Gasteiger partial charge in [-0.3, -0.25) is 0 Å². The monoisotopic (exact) mass is 248 g/mol. The predicted octanol–water partition coefficient (Wildman–Crippen LogP) is -1.07. The second-order valence-corrected chi connectivity index (χ2v) is 7.00. The summed E-state index contributed by atoms with van der Waals surface area (Å²) in [6.07, 6.45) is 0.948. The van der Waals surface area contributed by atoms with E-state index in [1.807, 2.05) is 13.8 Å². The van der Waals surface area contributed by atoms with Crippen LogP contribution >= 0.6 is 0 Å². The number of carboxylic acids is 1. The normalized spacial score (nSPS) is 25.8. The zero-order chi connectivity index (χ0) is 12.3. The molecule has 0 aromatic heterocycles. The van der Waals surface area contributed by atoms with Crippen LogP contribution in [0.2, 0.25) is 0 Å². The number of hydrogen-bond acceptors (Lipinski definition) is 5. The van der Waals surface area contributed by atoms with Gasteiger partial charge in [-0.1, -0.05) is 13.8 Å². The molecule has 16 heavy (non-hydrogen) atoms. The van der Waals surface area contributed by atoms with Crippen LogP contribution in [0.1, 0.15) is 26.7 Å². The van der Waals surface area contributed by atoms with Crippen LogP contribution in [0.4, 0.5) is 0 Å². The van der Waals surface area contributed by atoms with E-state index in [0.717, 1.165) is 0 Å². The predicted molar refractivity (Wildman–Crippen MR) is 58.4 cm³/mol. The Kier molecular flexibility index (Phi) is 4.32. The van der Waals surface area contributed by atoms with Gasteiger partial charge in [0.2, 0.25) is 0 Å². The first-order valence-corrected chi connectivity index (χ1v) is 7.29. The molecule has 1 rings (SSSR count). The standard InChI is InChI=1S/C10H19NO4S/c1-7(2)5-9(10(12)13)11-8-3-4-16(14,15)6-8/h7-9,11H,3-6H2,1-2H3,(H,12,13)/p-1. The summed E-state index contributed by atoms with van der Waals surface area (Å²) in [5, 5.41) is 13.7. The van der Waals surface area contributed by atoms with Gasteiger partial charge in [-0.2, -0.15) is 0 Å². The molecule has 1 fully saturated rings. The van der Waals surface area contributed by atoms with E-state index in [1.165, 1.54) is 0 Å². The lowest BCUT2D eigenvalue weighted by molar-refractivity contribution is -0.309. The fourth-order valence-electron chi connectivity index (χ4n) is 1.91. The molecule has 0 aromatic rings. The van der Waals surface area contributed by atoms with Gasteiger partial charge in [0.05, 0.1) is 17.5 Å². The quantitative estimate of drug-likeness (QED) is 0.669. The van der Waals surface area contributed by atoms with E-state index in [4.69, 9.17) is 0 Å². The molecule has 94 valence electrons. The molecule has 0 bridgehead atoms. The van der Waals surface area contributed by atoms with Gasteiger partial charge in [0.1, 0.15) is 0 Å². The molecule has 1 aliphatic heterocycles. The smallest absolute Gasteiger partial charge is 0.151 e. The summed E-state index contributed by atoms with van der Waals surface area (Å²) in [7, 11) is -2.97. The lowest BCUT2D eigenvalue weighted by Gasteiger charge is -2.24. The minimum atomic E-state index is -2.97. The summed E-state index contributed by atoms with van der Waals surface area (Å²) in [4.78, 5) is 10.9. The third-order valence-corrected chi connectivity index (χ3v) is 4.43. The maximum Gasteiger partial charge on any atom is 0.151 e. The lowest BCUT2D eigenvalue weighted by atomic mass is 10.0. The van der Waals surface area contributed by atoms with Gasteiger partial charge >= 0.3 is 0 Å². The molecule has 1 N–H and O–H groups in total. The minimum absolute atomic E-state index is 0.0366. The number of hydrogen-bond donors (Lipinski definition) is 1. The number of carboxylic acid groups (broad SMARTS) is 1. The topological polar surface area (TPSA) is 86.3 Å². The summed E-state index contributed by atoms with van der Waals surface area (Å²) < 4.78 is 22.4. The zero-order valence-corrected chi connectivity index (χ0v) is 10.4. The molecule has 2 atom stereocenters. The highest BCUT2D eigenvalue weighted by molar-refractivity contribution is 7.91. The fourth-order valence-corrected chi connectivity index (χ4v) is 3.60. The number of aliphatic carboxylic acids is 1. The van der Waals surface area contributed by atoms with E-state index in [1.54, 1.807) is 0 Å². The summed E-state index contributed by atoms with van der Waals surface area (Å²) >= 11 is 0. The summed E-state index contributed by atoms with van der Waals surface area (Å²) in [5.74, 6) is -0.743. The van der Waals surface area contributed by atoms with Gasteiger partial charge < -0.3 is 15.2 Å². The average molecular weight is 248 g/mol. The Hall–Kier alpha value is -0.620. The van der Waals surface area contributed by atoms with E-state index < -0.39 is 21.8 Å². The van der Waals surface area contributed by atoms with Crippen LogP contribution in [0.15, 0.2) is 0 Å². The number of nitrogens with one attached hydrogen (secondary N) is 1. The average Bonchev–Trinajstić information content (AvgIpc) is 2.43. The van der Waals surface area contributed by atoms with Crippen molar-refractivity contribution in [2.45, 2.75) is 38.8 Å². The van der Waals surface area contributed by atoms with Crippen LogP contribution in [0, 0.1) is 5.92 Å². The second-order valence-electron chi connectivity index (χ2n) is 4.77. The number of carbonyl (C=O) groups is 1. The third kappa shape index (κ3) is 4.09. The van der Waals surface area contributed by atoms with Crippen LogP contribution in [-0.2, 0) is 14.6 Å². The zero-order valence-electron chi connectivity index (χ0n) is 9.60. The van der Waals surface area contributed by atoms with E-state index in [9.17, 15) is 18.3 Å². The first-order chi connectivity index (χ1) is 7.30. The molecule has 0 aliphatic carbocycles. The van der Waals surface area contributed by atoms with Crippen molar-refractivity contribution in [3.8, 4) is 0 Å². The summed E-state index contributed by atoms with van der Waals surface area (Å²) in [6.45, 7) is 3.84. The van der Waals surface area contributed by atoms with Crippen LogP contribution in [0.25, 0.3) is 0 Å². The largest absolute Gasteiger partial charge is 0.548 e. The maximum absolute atomic E-state index is 11.2. The first kappa shape index (κ1) is 13.4. The fraction of sp³-hybridized carbons (Fsp3) is 0.900. The van der Waals surface area contributed by atoms with Crippen LogP contribution in [-0.4, -0.2) is 38.0 Å². The molecule has 0 radical (unpaired) electrons. The highest BCUT2D eigenvalue weighted by atomic mass is 32.2. The van der Waals surface area contributed by atoms with E-state index in [0.29, 0.717) is 12.8 Å². The molecule has 1 aliphatic rings. The van der Waals surface area contributed by atoms with Gasteiger partial charge in [0, 0.05) is 12.1 Å². The summed E-state index contributed by atoms with van der Waals surface area (Å²) in [6, 6.07) is -0.995. The van der Waals surface area contributed by atoms with Crippen molar-refractivity contribution in [3.05, 3.63) is 0 Å². The van der Waals surface area contributed by atoms with Gasteiger partial charge in [-0.25, -0.2) is 8.42 Å². The van der Waals surface area contributed by atoms with Gasteiger partial charge in [0.25, 0.3) is 0 Å². The number of rotatable bonds is 5. The Morgan fingerprint density at radius 3 is 2.50 bits per heavy atom. The molecule has 1 saturated heterocycles. The molecule has 2 unspecified atom stereocenters. The van der Waals surface area contributed by atoms with E-state index >= 15 is 0 Å². The second kappa shape index (κ2) is 5.14. The Morgan fingerprint density at radius 1 is 1.50 bits per heavy atom. The molecular weight excluding hydrogens is 230 g/mol. The van der Waals surface area contributed by atoms with Crippen molar-refractivity contribution in [3.63, 3.8) is 0 Å². The summed E-state index contributed by atoms with van der Waals surface area (Å²) in [5.41, 5.74) is 0. The minimum Gasteiger partial charge on any atom is -0.548 e. The molecule has 0 aromatic carbocycles. The Labute approximate surface area is 96.1 Å². The van der Waals surface area contributed by atoms with Crippen molar-refractivity contribution in [2.75, 3.05) is 11.5 Å². The first-order valence-electron chi connectivity index (χ1n) is 5.47. The number of sulfone groups is 1. The highest BCUT2D eigenvalue weighted by Gasteiger charge is 2.29. The SMILES string of the molecule is CC(C)CC(NC1CCS(=O)(=O)C1)C(=O)[O-]. The van der Waals surface area contributed by atoms with Gasteiger partial charge in [0.15, 0.2) is 9.84 Å². The van der Waals surface area contributed by atoms with Crippen LogP contribution in [0.3, 0.4) is 0 Å². The van der Waals surface area contributed by atoms with Crippen molar-refractivity contribution >= 4 is 15.8 Å². The van der Waals surface area contributed by atoms with Crippen LogP contribution in [0.5, 0.6) is 0 Å². The molecule has 1 heterocycles. The third-order valence-electron chi connectivity index (χ3n) is 2.66. The van der Waals surface area contributed by atoms with Crippen molar-refractivity contribution in [2.24, 2.45) is 5.92 Å². The molecular formula is C10H18NO4S-. The van der Waals surface area contributed by atoms with Gasteiger partial charge in [-0.15, -0.1) is 0 Å². The highest BCUT2D eigenvalue weighted by Crippen LogP contribution is 2.13. The molecule has 5 nitrogen and oxygen atoms in total. The Bertz CT molecular complexity index is 350. The molecule has 6 heteroatoms. The van der Waals surface area contributed by atoms with E-state index in [2.05, 4.69) is 5.32 Å². The van der Waals surface area contributed by atoms with Gasteiger partial charge in [-0.05, 0) is 18.8 Å². The van der Waals surface area contributed by atoms with E-state index in [-0.39, 0.29) is 23.5 Å². The molecule has 0 spiro atoms. The maximum atomic E-state index is 11.2. The molecule has 0 saturated carbocycles. The Morgan fingerprint density at radius 2 is 2.12 bits per heavy atom. The van der Waals surface area contributed by atoms with Crippen molar-refractivity contribution in [1.82, 2.24) is 5.32 Å². The van der Waals surface area contributed by atoms with Crippen molar-refractivity contribution < 1.29 is 18.3 Å². The van der Waals surface area contributed by atoms with Crippen molar-refractivity contribution in [1.29, 1.82) is 0 Å². The lowest BCUT2D eigenvalue weighted by Crippen LogP contribution is -2.50. The number of carbonyl (C=O) groups excluding carboxylic acids is 1. The molecule has 0 amide bonds. The van der Waals surface area contributed by atoms with Crippen LogP contribution < -0.4 is 10.4 Å².